The van der Waals surface area contributed by atoms with Crippen LogP contribution in [0.5, 0.6) is 0 Å². The molecule has 2 rings (SSSR count). The number of nitrogens with one attached hydrogen (secondary N) is 2. The minimum Gasteiger partial charge on any atom is -0.355 e. The van der Waals surface area contributed by atoms with E-state index in [0.29, 0.717) is 41.2 Å². The maximum Gasteiger partial charge on any atom is 0.254 e. The molecule has 0 radical (unpaired) electrons. The van der Waals surface area contributed by atoms with Crippen molar-refractivity contribution in [1.29, 1.82) is 0 Å². The van der Waals surface area contributed by atoms with Gasteiger partial charge in [0.05, 0.1) is 5.02 Å². The van der Waals surface area contributed by atoms with Gasteiger partial charge >= 0.3 is 0 Å². The summed E-state index contributed by atoms with van der Waals surface area (Å²) < 4.78 is 0.666. The molecule has 1 aromatic carbocycles. The molecule has 1 heterocycles. The van der Waals surface area contributed by atoms with E-state index in [9.17, 15) is 9.59 Å². The molecule has 1 fully saturated rings. The van der Waals surface area contributed by atoms with Crippen molar-refractivity contribution >= 4 is 39.3 Å². The lowest BCUT2D eigenvalue weighted by Gasteiger charge is -2.35. The number of hydrogen-bond donors (Lipinski definition) is 2. The molecule has 5 nitrogen and oxygen atoms in total. The van der Waals surface area contributed by atoms with Crippen molar-refractivity contribution in [2.75, 3.05) is 26.2 Å². The first-order chi connectivity index (χ1) is 10.0. The number of carbonyl (C=O) groups excluding carboxylic acids is 2. The van der Waals surface area contributed by atoms with Gasteiger partial charge in [-0.1, -0.05) is 11.6 Å². The predicted octanol–water partition coefficient (Wildman–Crippen LogP) is 1.65. The van der Waals surface area contributed by atoms with E-state index in [2.05, 4.69) is 26.6 Å². The summed E-state index contributed by atoms with van der Waals surface area (Å²) in [5.41, 5.74) is 0.516. The fourth-order valence-electron chi connectivity index (χ4n) is 2.27. The molecule has 0 bridgehead atoms. The molecule has 0 aromatic heterocycles. The Balaban J connectivity index is 2.21. The third-order valence-electron chi connectivity index (χ3n) is 3.32. The summed E-state index contributed by atoms with van der Waals surface area (Å²) in [6, 6.07) is 4.54. The van der Waals surface area contributed by atoms with Crippen LogP contribution in [0, 0.1) is 0 Å². The molecule has 2 amide bonds. The Hall–Kier alpha value is -1.11. The molecule has 1 unspecified atom stereocenters. The summed E-state index contributed by atoms with van der Waals surface area (Å²) in [5.74, 6) is -0.295. The largest absolute Gasteiger partial charge is 0.355 e. The molecular weight excluding hydrogens is 358 g/mol. The van der Waals surface area contributed by atoms with Crippen LogP contribution in [-0.2, 0) is 4.79 Å². The summed E-state index contributed by atoms with van der Waals surface area (Å²) in [7, 11) is 0. The highest BCUT2D eigenvalue weighted by atomic mass is 79.9. The highest BCUT2D eigenvalue weighted by molar-refractivity contribution is 9.10. The van der Waals surface area contributed by atoms with Gasteiger partial charge in [0.25, 0.3) is 5.91 Å². The number of piperazine rings is 1. The molecule has 7 heteroatoms. The van der Waals surface area contributed by atoms with E-state index in [4.69, 9.17) is 11.6 Å². The first-order valence-corrected chi connectivity index (χ1v) is 7.96. The highest BCUT2D eigenvalue weighted by Crippen LogP contribution is 2.24. The first kappa shape index (κ1) is 16.3. The average molecular weight is 375 g/mol. The second-order valence-electron chi connectivity index (χ2n) is 4.74. The number of halogens is 2. The number of rotatable bonds is 3. The van der Waals surface area contributed by atoms with Crippen molar-refractivity contribution in [3.05, 3.63) is 33.3 Å². The molecule has 1 atom stereocenters. The van der Waals surface area contributed by atoms with Gasteiger partial charge in [0, 0.05) is 36.2 Å². The fraction of sp³-hybridized carbons (Fsp3) is 0.429. The molecule has 114 valence electrons. The molecule has 1 aromatic rings. The maximum absolute atomic E-state index is 12.6. The van der Waals surface area contributed by atoms with Gasteiger partial charge in [0.15, 0.2) is 0 Å². The Labute approximate surface area is 137 Å². The topological polar surface area (TPSA) is 61.4 Å². The molecule has 1 saturated heterocycles. The number of hydrogen-bond acceptors (Lipinski definition) is 3. The Bertz CT molecular complexity index is 553. The average Bonchev–Trinajstić information content (AvgIpc) is 2.49. The second-order valence-corrected chi connectivity index (χ2v) is 6.00. The van der Waals surface area contributed by atoms with E-state index in [1.54, 1.807) is 23.1 Å². The zero-order valence-corrected chi connectivity index (χ0v) is 14.0. The minimum absolute atomic E-state index is 0.133. The van der Waals surface area contributed by atoms with Gasteiger partial charge < -0.3 is 15.5 Å². The van der Waals surface area contributed by atoms with E-state index in [0.717, 1.165) is 0 Å². The quantitative estimate of drug-likeness (QED) is 0.846. The van der Waals surface area contributed by atoms with Crippen LogP contribution in [0.3, 0.4) is 0 Å². The van der Waals surface area contributed by atoms with Crippen molar-refractivity contribution < 1.29 is 9.59 Å². The Morgan fingerprint density at radius 1 is 1.52 bits per heavy atom. The zero-order chi connectivity index (χ0) is 15.4. The first-order valence-electron chi connectivity index (χ1n) is 6.79. The lowest BCUT2D eigenvalue weighted by molar-refractivity contribution is -0.126. The van der Waals surface area contributed by atoms with Gasteiger partial charge in [-0.15, -0.1) is 0 Å². The fourth-order valence-corrected chi connectivity index (χ4v) is 2.77. The molecule has 2 N–H and O–H groups in total. The van der Waals surface area contributed by atoms with Gasteiger partial charge in [-0.3, -0.25) is 9.59 Å². The predicted molar refractivity (Wildman–Crippen MR) is 85.5 cm³/mol. The number of benzene rings is 1. The minimum atomic E-state index is -0.486. The van der Waals surface area contributed by atoms with Crippen LogP contribution in [0.15, 0.2) is 22.7 Å². The van der Waals surface area contributed by atoms with E-state index >= 15 is 0 Å². The standard InChI is InChI=1S/C14H17BrClN3O2/c1-2-18-13(20)12-8-17-5-6-19(12)14(21)9-3-4-11(16)10(15)7-9/h3-4,7,12,17H,2,5-6,8H2,1H3,(H,18,20). The van der Waals surface area contributed by atoms with Crippen LogP contribution < -0.4 is 10.6 Å². The Kier molecular flexibility index (Phi) is 5.61. The van der Waals surface area contributed by atoms with Crippen molar-refractivity contribution in [2.24, 2.45) is 0 Å². The van der Waals surface area contributed by atoms with Crippen LogP contribution in [0.4, 0.5) is 0 Å². The molecule has 21 heavy (non-hydrogen) atoms. The van der Waals surface area contributed by atoms with Gasteiger partial charge in [-0.05, 0) is 41.1 Å². The van der Waals surface area contributed by atoms with Crippen molar-refractivity contribution in [2.45, 2.75) is 13.0 Å². The summed E-state index contributed by atoms with van der Waals surface area (Å²) >= 11 is 9.26. The molecular formula is C14H17BrClN3O2. The van der Waals surface area contributed by atoms with Crippen LogP contribution in [0.25, 0.3) is 0 Å². The zero-order valence-electron chi connectivity index (χ0n) is 11.7. The van der Waals surface area contributed by atoms with Crippen LogP contribution >= 0.6 is 27.5 Å². The van der Waals surface area contributed by atoms with E-state index in [1.165, 1.54) is 0 Å². The normalized spacial score (nSPS) is 18.4. The van der Waals surface area contributed by atoms with E-state index in [-0.39, 0.29) is 11.8 Å². The molecule has 0 spiro atoms. The maximum atomic E-state index is 12.6. The molecule has 1 aliphatic heterocycles. The van der Waals surface area contributed by atoms with Crippen molar-refractivity contribution in [3.8, 4) is 0 Å². The van der Waals surface area contributed by atoms with Crippen molar-refractivity contribution in [1.82, 2.24) is 15.5 Å². The molecule has 0 saturated carbocycles. The van der Waals surface area contributed by atoms with Gasteiger partial charge in [-0.2, -0.15) is 0 Å². The summed E-state index contributed by atoms with van der Waals surface area (Å²) in [6.07, 6.45) is 0. The third kappa shape index (κ3) is 3.75. The lowest BCUT2D eigenvalue weighted by Crippen LogP contribution is -2.59. The van der Waals surface area contributed by atoms with E-state index in [1.807, 2.05) is 6.92 Å². The van der Waals surface area contributed by atoms with Crippen LogP contribution in [-0.4, -0.2) is 48.9 Å². The number of carbonyl (C=O) groups is 2. The smallest absolute Gasteiger partial charge is 0.254 e. The SMILES string of the molecule is CCNC(=O)C1CNCCN1C(=O)c1ccc(Cl)c(Br)c1. The monoisotopic (exact) mass is 373 g/mol. The summed E-state index contributed by atoms with van der Waals surface area (Å²) in [4.78, 5) is 26.3. The van der Waals surface area contributed by atoms with Gasteiger partial charge in [0.2, 0.25) is 5.91 Å². The summed E-state index contributed by atoms with van der Waals surface area (Å²) in [5, 5.41) is 6.46. The highest BCUT2D eigenvalue weighted by Gasteiger charge is 2.32. The Morgan fingerprint density at radius 3 is 2.95 bits per heavy atom. The lowest BCUT2D eigenvalue weighted by atomic mass is 10.1. The van der Waals surface area contributed by atoms with Crippen LogP contribution in [0.2, 0.25) is 5.02 Å². The summed E-state index contributed by atoms with van der Waals surface area (Å²) in [6.45, 7) is 4.05. The van der Waals surface area contributed by atoms with E-state index < -0.39 is 6.04 Å². The third-order valence-corrected chi connectivity index (χ3v) is 4.54. The molecule has 1 aliphatic rings. The van der Waals surface area contributed by atoms with Crippen LogP contribution in [0.1, 0.15) is 17.3 Å². The second kappa shape index (κ2) is 7.24. The number of likely N-dealkylation sites (N-methyl/N-ethyl adjacent to an activating group) is 1. The van der Waals surface area contributed by atoms with Gasteiger partial charge in [-0.25, -0.2) is 0 Å². The molecule has 0 aliphatic carbocycles. The Morgan fingerprint density at radius 2 is 2.29 bits per heavy atom. The van der Waals surface area contributed by atoms with Gasteiger partial charge in [0.1, 0.15) is 6.04 Å². The number of amides is 2. The van der Waals surface area contributed by atoms with Crippen molar-refractivity contribution in [3.63, 3.8) is 0 Å². The number of nitrogens with zero attached hydrogens (tertiary/aromatic N) is 1.